The summed E-state index contributed by atoms with van der Waals surface area (Å²) in [6.45, 7) is 0. The van der Waals surface area contributed by atoms with E-state index in [-0.39, 0.29) is 0 Å². The van der Waals surface area contributed by atoms with Crippen LogP contribution in [0.4, 0.5) is 23.2 Å². The molecule has 13 heavy (non-hydrogen) atoms. The molecule has 1 aromatic carbocycles. The highest BCUT2D eigenvalue weighted by Crippen LogP contribution is 2.36. The van der Waals surface area contributed by atoms with Crippen LogP contribution in [0.15, 0.2) is 12.1 Å². The highest BCUT2D eigenvalue weighted by atomic mass is 19.4. The molecule has 0 aliphatic rings. The van der Waals surface area contributed by atoms with Crippen molar-refractivity contribution in [3.05, 3.63) is 23.5 Å². The molecule has 3 N–H and O–H groups in total. The van der Waals surface area contributed by atoms with Gasteiger partial charge < -0.3 is 10.8 Å². The van der Waals surface area contributed by atoms with Crippen LogP contribution >= 0.6 is 0 Å². The number of hydrogen-bond acceptors (Lipinski definition) is 2. The SMILES string of the molecule is Nc1c(O)ccc(C(F)(F)F)c1F. The van der Waals surface area contributed by atoms with Crippen LogP contribution in [0.3, 0.4) is 0 Å². The summed E-state index contributed by atoms with van der Waals surface area (Å²) in [6, 6.07) is 1.13. The van der Waals surface area contributed by atoms with Crippen LogP contribution in [0.25, 0.3) is 0 Å². The van der Waals surface area contributed by atoms with Crippen LogP contribution in [0, 0.1) is 5.82 Å². The summed E-state index contributed by atoms with van der Waals surface area (Å²) in [5, 5.41) is 8.76. The van der Waals surface area contributed by atoms with Gasteiger partial charge in [0.2, 0.25) is 0 Å². The fourth-order valence-electron chi connectivity index (χ4n) is 0.802. The van der Waals surface area contributed by atoms with E-state index in [0.29, 0.717) is 12.1 Å². The maximum atomic E-state index is 12.8. The van der Waals surface area contributed by atoms with Crippen molar-refractivity contribution in [3.63, 3.8) is 0 Å². The van der Waals surface area contributed by atoms with Gasteiger partial charge in [-0.15, -0.1) is 0 Å². The van der Waals surface area contributed by atoms with Crippen LogP contribution < -0.4 is 5.73 Å². The Morgan fingerprint density at radius 2 is 1.77 bits per heavy atom. The molecule has 0 unspecified atom stereocenters. The smallest absolute Gasteiger partial charge is 0.419 e. The van der Waals surface area contributed by atoms with E-state index in [0.717, 1.165) is 0 Å². The molecule has 0 aliphatic heterocycles. The molecule has 1 aromatic rings. The van der Waals surface area contributed by atoms with Gasteiger partial charge in [0.25, 0.3) is 0 Å². The standard InChI is InChI=1S/C7H5F4NO/c8-5-3(7(9,10)11)1-2-4(13)6(5)12/h1-2,13H,12H2. The van der Waals surface area contributed by atoms with Crippen LogP contribution in [0.2, 0.25) is 0 Å². The summed E-state index contributed by atoms with van der Waals surface area (Å²) in [7, 11) is 0. The third kappa shape index (κ3) is 1.66. The van der Waals surface area contributed by atoms with Crippen molar-refractivity contribution in [1.29, 1.82) is 0 Å². The quantitative estimate of drug-likeness (QED) is 0.378. The Hall–Kier alpha value is -1.46. The number of nitrogen functional groups attached to an aromatic ring is 1. The number of anilines is 1. The monoisotopic (exact) mass is 195 g/mol. The number of halogens is 4. The summed E-state index contributed by atoms with van der Waals surface area (Å²) in [5.74, 6) is -2.35. The van der Waals surface area contributed by atoms with E-state index in [1.165, 1.54) is 0 Å². The number of benzene rings is 1. The second-order valence-electron chi connectivity index (χ2n) is 2.36. The predicted octanol–water partition coefficient (Wildman–Crippen LogP) is 2.13. The first kappa shape index (κ1) is 9.63. The Morgan fingerprint density at radius 3 is 2.23 bits per heavy atom. The summed E-state index contributed by atoms with van der Waals surface area (Å²) < 4.78 is 48.7. The van der Waals surface area contributed by atoms with E-state index in [2.05, 4.69) is 0 Å². The maximum absolute atomic E-state index is 12.8. The zero-order valence-electron chi connectivity index (χ0n) is 6.19. The van der Waals surface area contributed by atoms with Crippen molar-refractivity contribution in [1.82, 2.24) is 0 Å². The van der Waals surface area contributed by atoms with Gasteiger partial charge >= 0.3 is 6.18 Å². The van der Waals surface area contributed by atoms with Gasteiger partial charge in [0.1, 0.15) is 11.4 Å². The average molecular weight is 195 g/mol. The van der Waals surface area contributed by atoms with Crippen molar-refractivity contribution in [2.45, 2.75) is 6.18 Å². The molecule has 0 fully saturated rings. The van der Waals surface area contributed by atoms with Crippen LogP contribution in [0.1, 0.15) is 5.56 Å². The van der Waals surface area contributed by atoms with E-state index >= 15 is 0 Å². The lowest BCUT2D eigenvalue weighted by Gasteiger charge is -2.09. The molecule has 1 rings (SSSR count). The predicted molar refractivity (Wildman–Crippen MR) is 37.5 cm³/mol. The number of phenolic OH excluding ortho intramolecular Hbond substituents is 1. The minimum absolute atomic E-state index is 0.432. The van der Waals surface area contributed by atoms with Gasteiger partial charge in [-0.25, -0.2) is 4.39 Å². The Morgan fingerprint density at radius 1 is 1.23 bits per heavy atom. The topological polar surface area (TPSA) is 46.2 Å². The first-order valence-corrected chi connectivity index (χ1v) is 3.18. The Balaban J connectivity index is 3.35. The Labute approximate surface area is 70.6 Å². The van der Waals surface area contributed by atoms with Gasteiger partial charge in [0.05, 0.1) is 5.56 Å². The van der Waals surface area contributed by atoms with Gasteiger partial charge in [-0.3, -0.25) is 0 Å². The van der Waals surface area contributed by atoms with Crippen molar-refractivity contribution < 1.29 is 22.7 Å². The van der Waals surface area contributed by atoms with Gasteiger partial charge in [-0.2, -0.15) is 13.2 Å². The molecule has 0 saturated heterocycles. The minimum atomic E-state index is -4.80. The fourth-order valence-corrected chi connectivity index (χ4v) is 0.802. The minimum Gasteiger partial charge on any atom is -0.506 e. The van der Waals surface area contributed by atoms with Crippen molar-refractivity contribution in [3.8, 4) is 5.75 Å². The van der Waals surface area contributed by atoms with Gasteiger partial charge in [0, 0.05) is 0 Å². The molecule has 0 heterocycles. The number of hydrogen-bond donors (Lipinski definition) is 2. The summed E-state index contributed by atoms with van der Waals surface area (Å²) in [6.07, 6.45) is -4.80. The molecule has 72 valence electrons. The third-order valence-corrected chi connectivity index (χ3v) is 1.46. The number of phenols is 1. The van der Waals surface area contributed by atoms with E-state index in [1.807, 2.05) is 0 Å². The molecule has 0 amide bonds. The normalized spacial score (nSPS) is 11.7. The summed E-state index contributed by atoms with van der Waals surface area (Å²) >= 11 is 0. The van der Waals surface area contributed by atoms with E-state index in [9.17, 15) is 17.6 Å². The first-order chi connectivity index (χ1) is 5.84. The molecular weight excluding hydrogens is 190 g/mol. The lowest BCUT2D eigenvalue weighted by Crippen LogP contribution is -2.09. The second-order valence-corrected chi connectivity index (χ2v) is 2.36. The largest absolute Gasteiger partial charge is 0.506 e. The van der Waals surface area contributed by atoms with Gasteiger partial charge in [-0.05, 0) is 12.1 Å². The third-order valence-electron chi connectivity index (χ3n) is 1.46. The molecule has 0 spiro atoms. The number of rotatable bonds is 0. The van der Waals surface area contributed by atoms with Crippen molar-refractivity contribution in [2.24, 2.45) is 0 Å². The summed E-state index contributed by atoms with van der Waals surface area (Å²) in [4.78, 5) is 0. The average Bonchev–Trinajstić information content (AvgIpc) is 1.98. The highest BCUT2D eigenvalue weighted by Gasteiger charge is 2.35. The molecular formula is C7H5F4NO. The van der Waals surface area contributed by atoms with Crippen LogP contribution in [0.5, 0.6) is 5.75 Å². The molecule has 6 heteroatoms. The Bertz CT molecular complexity index is 334. The highest BCUT2D eigenvalue weighted by molar-refractivity contribution is 5.55. The van der Waals surface area contributed by atoms with Crippen molar-refractivity contribution in [2.75, 3.05) is 5.73 Å². The molecule has 0 bridgehead atoms. The van der Waals surface area contributed by atoms with E-state index in [1.54, 1.807) is 0 Å². The zero-order valence-corrected chi connectivity index (χ0v) is 6.19. The lowest BCUT2D eigenvalue weighted by atomic mass is 10.1. The van der Waals surface area contributed by atoms with Crippen LogP contribution in [-0.2, 0) is 6.18 Å². The van der Waals surface area contributed by atoms with E-state index < -0.39 is 29.0 Å². The van der Waals surface area contributed by atoms with Crippen molar-refractivity contribution >= 4 is 5.69 Å². The number of aromatic hydroxyl groups is 1. The molecule has 0 aromatic heterocycles. The molecule has 2 nitrogen and oxygen atoms in total. The molecule has 0 saturated carbocycles. The summed E-state index contributed by atoms with van der Waals surface area (Å²) in [5.41, 5.74) is 2.48. The lowest BCUT2D eigenvalue weighted by molar-refractivity contribution is -0.139. The zero-order chi connectivity index (χ0) is 10.2. The first-order valence-electron chi connectivity index (χ1n) is 3.18. The molecule has 0 radical (unpaired) electrons. The number of nitrogens with two attached hydrogens (primary N) is 1. The molecule has 0 atom stereocenters. The second kappa shape index (κ2) is 2.79. The fraction of sp³-hybridized carbons (Fsp3) is 0.143. The van der Waals surface area contributed by atoms with Gasteiger partial charge in [0.15, 0.2) is 5.82 Å². The van der Waals surface area contributed by atoms with Crippen LogP contribution in [-0.4, -0.2) is 5.11 Å². The van der Waals surface area contributed by atoms with Gasteiger partial charge in [-0.1, -0.05) is 0 Å². The van der Waals surface area contributed by atoms with E-state index in [4.69, 9.17) is 10.8 Å². The Kier molecular flexibility index (Phi) is 2.07. The maximum Gasteiger partial charge on any atom is 0.419 e. The number of alkyl halides is 3. The molecule has 0 aliphatic carbocycles.